The van der Waals surface area contributed by atoms with Gasteiger partial charge in [-0.1, -0.05) is 18.2 Å². The van der Waals surface area contributed by atoms with Gasteiger partial charge in [0.15, 0.2) is 0 Å². The van der Waals surface area contributed by atoms with Crippen LogP contribution in [0.15, 0.2) is 42.5 Å². The second kappa shape index (κ2) is 5.85. The van der Waals surface area contributed by atoms with E-state index >= 15 is 0 Å². The maximum Gasteiger partial charge on any atom is 0.273 e. The summed E-state index contributed by atoms with van der Waals surface area (Å²) in [5.74, 6) is 0.451. The Morgan fingerprint density at radius 2 is 2.05 bits per heavy atom. The highest BCUT2D eigenvalue weighted by Crippen LogP contribution is 2.25. The molecule has 0 aliphatic heterocycles. The molecule has 5 nitrogen and oxygen atoms in total. The molecule has 2 aromatic rings. The lowest BCUT2D eigenvalue weighted by molar-refractivity contribution is -0.385. The zero-order valence-electron chi connectivity index (χ0n) is 10.9. The van der Waals surface area contributed by atoms with Crippen LogP contribution in [0.2, 0.25) is 0 Å². The Bertz CT molecular complexity index is 690. The van der Waals surface area contributed by atoms with E-state index in [1.165, 1.54) is 12.1 Å². The summed E-state index contributed by atoms with van der Waals surface area (Å²) in [4.78, 5) is 10.3. The second-order valence-electron chi connectivity index (χ2n) is 4.26. The third-order valence-corrected chi connectivity index (χ3v) is 2.90. The third kappa shape index (κ3) is 2.93. The van der Waals surface area contributed by atoms with E-state index in [0.717, 1.165) is 11.1 Å². The van der Waals surface area contributed by atoms with Crippen molar-refractivity contribution in [3.05, 3.63) is 69.3 Å². The number of ether oxygens (including phenoxy) is 1. The van der Waals surface area contributed by atoms with Gasteiger partial charge in [0.2, 0.25) is 0 Å². The lowest BCUT2D eigenvalue weighted by atomic mass is 10.1. The topological polar surface area (TPSA) is 76.2 Å². The first-order valence-corrected chi connectivity index (χ1v) is 5.97. The lowest BCUT2D eigenvalue weighted by Crippen LogP contribution is -2.00. The molecule has 0 unspecified atom stereocenters. The van der Waals surface area contributed by atoms with E-state index in [1.807, 2.05) is 13.0 Å². The van der Waals surface area contributed by atoms with E-state index in [0.29, 0.717) is 11.3 Å². The predicted octanol–water partition coefficient (Wildman–Crippen LogP) is 3.35. The van der Waals surface area contributed by atoms with Crippen molar-refractivity contribution in [1.82, 2.24) is 0 Å². The molecule has 0 amide bonds. The summed E-state index contributed by atoms with van der Waals surface area (Å²) in [5, 5.41) is 19.7. The molecule has 0 saturated heterocycles. The summed E-state index contributed by atoms with van der Waals surface area (Å²) in [6.45, 7) is 2.01. The highest BCUT2D eigenvalue weighted by Gasteiger charge is 2.10. The second-order valence-corrected chi connectivity index (χ2v) is 4.26. The molecular weight excluding hydrogens is 256 g/mol. The molecule has 0 spiro atoms. The van der Waals surface area contributed by atoms with Crippen molar-refractivity contribution in [3.8, 4) is 11.8 Å². The van der Waals surface area contributed by atoms with Gasteiger partial charge in [0.25, 0.3) is 5.69 Å². The number of benzene rings is 2. The first-order valence-electron chi connectivity index (χ1n) is 5.97. The molecule has 0 bridgehead atoms. The van der Waals surface area contributed by atoms with Crippen LogP contribution in [-0.2, 0) is 6.61 Å². The number of nitro groups is 1. The monoisotopic (exact) mass is 268 g/mol. The molecular formula is C15H12N2O3. The SMILES string of the molecule is Cc1ccc([N+](=O)[O-])cc1OCc1ccccc1C#N. The standard InChI is InChI=1S/C15H12N2O3/c1-11-6-7-14(17(18)19)8-15(11)20-10-13-5-3-2-4-12(13)9-16/h2-8H,10H2,1H3. The molecule has 0 N–H and O–H groups in total. The van der Waals surface area contributed by atoms with E-state index < -0.39 is 4.92 Å². The molecule has 0 saturated carbocycles. The van der Waals surface area contributed by atoms with Crippen LogP contribution in [-0.4, -0.2) is 4.92 Å². The number of nitro benzene ring substituents is 1. The Morgan fingerprint density at radius 3 is 2.75 bits per heavy atom. The van der Waals surface area contributed by atoms with E-state index in [1.54, 1.807) is 24.3 Å². The number of rotatable bonds is 4. The van der Waals surface area contributed by atoms with Crippen LogP contribution < -0.4 is 4.74 Å². The minimum atomic E-state index is -0.463. The van der Waals surface area contributed by atoms with Crippen LogP contribution in [0.25, 0.3) is 0 Å². The van der Waals surface area contributed by atoms with E-state index in [2.05, 4.69) is 6.07 Å². The predicted molar refractivity (Wildman–Crippen MR) is 73.3 cm³/mol. The minimum Gasteiger partial charge on any atom is -0.488 e. The molecule has 20 heavy (non-hydrogen) atoms. The number of nitrogens with zero attached hydrogens (tertiary/aromatic N) is 2. The van der Waals surface area contributed by atoms with E-state index in [4.69, 9.17) is 10.00 Å². The zero-order valence-corrected chi connectivity index (χ0v) is 10.9. The molecule has 0 atom stereocenters. The molecule has 0 fully saturated rings. The zero-order chi connectivity index (χ0) is 14.5. The Morgan fingerprint density at radius 1 is 1.30 bits per heavy atom. The van der Waals surface area contributed by atoms with Gasteiger partial charge in [-0.15, -0.1) is 0 Å². The molecule has 5 heteroatoms. The normalized spacial score (nSPS) is 9.80. The molecule has 0 radical (unpaired) electrons. The quantitative estimate of drug-likeness (QED) is 0.629. The van der Waals surface area contributed by atoms with Gasteiger partial charge in [0.1, 0.15) is 12.4 Å². The molecule has 100 valence electrons. The third-order valence-electron chi connectivity index (χ3n) is 2.90. The summed E-state index contributed by atoms with van der Waals surface area (Å²) in [7, 11) is 0. The van der Waals surface area contributed by atoms with Crippen molar-refractivity contribution in [2.75, 3.05) is 0 Å². The maximum absolute atomic E-state index is 10.7. The number of non-ortho nitro benzene ring substituents is 1. The van der Waals surface area contributed by atoms with Gasteiger partial charge in [-0.3, -0.25) is 10.1 Å². The Balaban J connectivity index is 2.21. The van der Waals surface area contributed by atoms with E-state index in [-0.39, 0.29) is 12.3 Å². The van der Waals surface area contributed by atoms with E-state index in [9.17, 15) is 10.1 Å². The largest absolute Gasteiger partial charge is 0.488 e. The lowest BCUT2D eigenvalue weighted by Gasteiger charge is -2.09. The molecule has 2 rings (SSSR count). The average Bonchev–Trinajstić information content (AvgIpc) is 2.46. The maximum atomic E-state index is 10.7. The smallest absolute Gasteiger partial charge is 0.273 e. The average molecular weight is 268 g/mol. The van der Waals surface area contributed by atoms with Crippen LogP contribution in [0.3, 0.4) is 0 Å². The first kappa shape index (κ1) is 13.6. The van der Waals surface area contributed by atoms with Crippen molar-refractivity contribution in [3.63, 3.8) is 0 Å². The molecule has 0 aliphatic rings. The van der Waals surface area contributed by atoms with Crippen LogP contribution in [0, 0.1) is 28.4 Å². The van der Waals surface area contributed by atoms with Gasteiger partial charge < -0.3 is 4.74 Å². The van der Waals surface area contributed by atoms with Gasteiger partial charge in [0, 0.05) is 11.6 Å². The van der Waals surface area contributed by atoms with Crippen LogP contribution in [0.5, 0.6) is 5.75 Å². The van der Waals surface area contributed by atoms with Gasteiger partial charge in [-0.05, 0) is 24.6 Å². The Hall–Kier alpha value is -2.87. The molecule has 0 aliphatic carbocycles. The molecule has 2 aromatic carbocycles. The number of hydrogen-bond acceptors (Lipinski definition) is 4. The van der Waals surface area contributed by atoms with Crippen LogP contribution in [0.1, 0.15) is 16.7 Å². The van der Waals surface area contributed by atoms with Crippen molar-refractivity contribution >= 4 is 5.69 Å². The summed E-state index contributed by atoms with van der Waals surface area (Å²) < 4.78 is 5.60. The minimum absolute atomic E-state index is 0.0147. The number of nitriles is 1. The van der Waals surface area contributed by atoms with Gasteiger partial charge in [-0.2, -0.15) is 5.26 Å². The van der Waals surface area contributed by atoms with Crippen molar-refractivity contribution < 1.29 is 9.66 Å². The number of hydrogen-bond donors (Lipinski definition) is 0. The van der Waals surface area contributed by atoms with Gasteiger partial charge in [0.05, 0.1) is 22.6 Å². The van der Waals surface area contributed by atoms with Crippen molar-refractivity contribution in [1.29, 1.82) is 5.26 Å². The Kier molecular flexibility index (Phi) is 3.96. The molecule has 0 heterocycles. The van der Waals surface area contributed by atoms with Crippen molar-refractivity contribution in [2.24, 2.45) is 0 Å². The fourth-order valence-electron chi connectivity index (χ4n) is 1.77. The van der Waals surface area contributed by atoms with Crippen LogP contribution in [0.4, 0.5) is 5.69 Å². The fourth-order valence-corrected chi connectivity index (χ4v) is 1.77. The highest BCUT2D eigenvalue weighted by atomic mass is 16.6. The highest BCUT2D eigenvalue weighted by molar-refractivity contribution is 5.44. The summed E-state index contributed by atoms with van der Waals surface area (Å²) in [6, 6.07) is 13.7. The fraction of sp³-hybridized carbons (Fsp3) is 0.133. The number of aryl methyl sites for hydroxylation is 1. The molecule has 0 aromatic heterocycles. The summed E-state index contributed by atoms with van der Waals surface area (Å²) >= 11 is 0. The Labute approximate surface area is 116 Å². The van der Waals surface area contributed by atoms with Crippen LogP contribution >= 0.6 is 0 Å². The van der Waals surface area contributed by atoms with Gasteiger partial charge >= 0.3 is 0 Å². The first-order chi connectivity index (χ1) is 9.61. The summed E-state index contributed by atoms with van der Waals surface area (Å²) in [5.41, 5.74) is 2.08. The summed E-state index contributed by atoms with van der Waals surface area (Å²) in [6.07, 6.45) is 0. The van der Waals surface area contributed by atoms with Crippen molar-refractivity contribution in [2.45, 2.75) is 13.5 Å². The van der Waals surface area contributed by atoms with Gasteiger partial charge in [-0.25, -0.2) is 0 Å².